The van der Waals surface area contributed by atoms with Gasteiger partial charge in [0.05, 0.1) is 25.4 Å². The Morgan fingerprint density at radius 3 is 1.77 bits per heavy atom. The molecule has 1 heterocycles. The quantitative estimate of drug-likeness (QED) is 0.746. The van der Waals surface area contributed by atoms with Gasteiger partial charge in [-0.15, -0.1) is 0 Å². The van der Waals surface area contributed by atoms with E-state index in [1.165, 1.54) is 0 Å². The Balaban J connectivity index is 1.71. The molecule has 1 aliphatic rings. The normalized spacial score (nSPS) is 28.8. The Kier molecular flexibility index (Phi) is 6.80. The topological polar surface area (TPSA) is 36.9 Å². The Labute approximate surface area is 156 Å². The molecule has 2 aromatic carbocycles. The largest absolute Gasteiger partial charge is 0.370 e. The van der Waals surface area contributed by atoms with Crippen molar-refractivity contribution in [1.82, 2.24) is 0 Å². The lowest BCUT2D eigenvalue weighted by molar-refractivity contribution is -0.294. The predicted molar refractivity (Wildman–Crippen MR) is 101 cm³/mol. The Hall–Kier alpha value is -1.72. The molecule has 0 amide bonds. The molecular weight excluding hydrogens is 328 g/mol. The summed E-state index contributed by atoms with van der Waals surface area (Å²) in [5.74, 6) is 0.200. The average molecular weight is 356 g/mol. The molecule has 3 rings (SSSR count). The molecule has 140 valence electrons. The molecule has 0 radical (unpaired) electrons. The van der Waals surface area contributed by atoms with Crippen LogP contribution in [0.1, 0.15) is 25.0 Å². The van der Waals surface area contributed by atoms with E-state index in [-0.39, 0.29) is 24.2 Å². The first kappa shape index (κ1) is 19.1. The zero-order valence-electron chi connectivity index (χ0n) is 15.7. The Bertz CT molecular complexity index is 602. The van der Waals surface area contributed by atoms with Gasteiger partial charge in [0.15, 0.2) is 6.29 Å². The SMILES string of the molecule is CO[C@H]1O[C@H](C)[C@@H](C)[C@H](OCc2ccccc2)[C@H]1OCc1ccccc1. The third kappa shape index (κ3) is 4.71. The van der Waals surface area contributed by atoms with E-state index >= 15 is 0 Å². The van der Waals surface area contributed by atoms with Gasteiger partial charge in [-0.3, -0.25) is 0 Å². The van der Waals surface area contributed by atoms with Gasteiger partial charge in [-0.1, -0.05) is 67.6 Å². The zero-order chi connectivity index (χ0) is 18.4. The van der Waals surface area contributed by atoms with Crippen LogP contribution in [0.5, 0.6) is 0 Å². The van der Waals surface area contributed by atoms with Crippen molar-refractivity contribution in [1.29, 1.82) is 0 Å². The molecule has 2 aromatic rings. The minimum Gasteiger partial charge on any atom is -0.370 e. The Morgan fingerprint density at radius 1 is 0.769 bits per heavy atom. The molecule has 1 saturated heterocycles. The maximum atomic E-state index is 6.30. The molecular formula is C22H28O4. The summed E-state index contributed by atoms with van der Waals surface area (Å²) in [6.07, 6.45) is -0.786. The molecule has 26 heavy (non-hydrogen) atoms. The van der Waals surface area contributed by atoms with Gasteiger partial charge in [-0.2, -0.15) is 0 Å². The monoisotopic (exact) mass is 356 g/mol. The molecule has 4 nitrogen and oxygen atoms in total. The number of benzene rings is 2. The molecule has 1 fully saturated rings. The third-order valence-electron chi connectivity index (χ3n) is 5.00. The van der Waals surface area contributed by atoms with Crippen molar-refractivity contribution < 1.29 is 18.9 Å². The van der Waals surface area contributed by atoms with Crippen molar-refractivity contribution in [2.24, 2.45) is 5.92 Å². The minimum atomic E-state index is -0.439. The minimum absolute atomic E-state index is 0.0392. The van der Waals surface area contributed by atoms with Crippen LogP contribution >= 0.6 is 0 Å². The van der Waals surface area contributed by atoms with Crippen molar-refractivity contribution in [3.63, 3.8) is 0 Å². The van der Waals surface area contributed by atoms with Gasteiger partial charge in [-0.05, 0) is 18.1 Å². The molecule has 0 bridgehead atoms. The van der Waals surface area contributed by atoms with Crippen LogP contribution in [0.4, 0.5) is 0 Å². The van der Waals surface area contributed by atoms with Crippen LogP contribution in [0.2, 0.25) is 0 Å². The summed E-state index contributed by atoms with van der Waals surface area (Å²) < 4.78 is 24.1. The molecule has 1 aliphatic heterocycles. The van der Waals surface area contributed by atoms with Crippen LogP contribution in [0, 0.1) is 5.92 Å². The number of hydrogen-bond acceptors (Lipinski definition) is 4. The fourth-order valence-corrected chi connectivity index (χ4v) is 3.28. The molecule has 5 atom stereocenters. The van der Waals surface area contributed by atoms with Gasteiger partial charge >= 0.3 is 0 Å². The molecule has 0 N–H and O–H groups in total. The smallest absolute Gasteiger partial charge is 0.186 e. The van der Waals surface area contributed by atoms with Crippen molar-refractivity contribution in [3.8, 4) is 0 Å². The molecule has 0 spiro atoms. The first-order chi connectivity index (χ1) is 12.7. The summed E-state index contributed by atoms with van der Waals surface area (Å²) in [4.78, 5) is 0. The summed E-state index contributed by atoms with van der Waals surface area (Å²) in [6.45, 7) is 5.25. The van der Waals surface area contributed by atoms with E-state index in [2.05, 4.69) is 38.1 Å². The number of ether oxygens (including phenoxy) is 4. The van der Waals surface area contributed by atoms with E-state index in [9.17, 15) is 0 Å². The van der Waals surface area contributed by atoms with Gasteiger partial charge in [0.25, 0.3) is 0 Å². The second-order valence-corrected chi connectivity index (χ2v) is 6.83. The third-order valence-corrected chi connectivity index (χ3v) is 5.00. The van der Waals surface area contributed by atoms with E-state index in [1.54, 1.807) is 7.11 Å². The second kappa shape index (κ2) is 9.28. The van der Waals surface area contributed by atoms with Crippen molar-refractivity contribution in [2.75, 3.05) is 7.11 Å². The highest BCUT2D eigenvalue weighted by Crippen LogP contribution is 2.31. The average Bonchev–Trinajstić information content (AvgIpc) is 2.69. The van der Waals surface area contributed by atoms with E-state index in [0.29, 0.717) is 13.2 Å². The Morgan fingerprint density at radius 2 is 1.27 bits per heavy atom. The lowest BCUT2D eigenvalue weighted by Crippen LogP contribution is -2.55. The van der Waals surface area contributed by atoms with E-state index in [0.717, 1.165) is 11.1 Å². The molecule has 4 heteroatoms. The summed E-state index contributed by atoms with van der Waals surface area (Å²) >= 11 is 0. The first-order valence-electron chi connectivity index (χ1n) is 9.18. The van der Waals surface area contributed by atoms with E-state index in [1.807, 2.05) is 36.4 Å². The zero-order valence-corrected chi connectivity index (χ0v) is 15.7. The maximum absolute atomic E-state index is 6.30. The van der Waals surface area contributed by atoms with Gasteiger partial charge in [0.2, 0.25) is 0 Å². The summed E-state index contributed by atoms with van der Waals surface area (Å²) in [6, 6.07) is 20.3. The highest BCUT2D eigenvalue weighted by molar-refractivity contribution is 5.14. The predicted octanol–water partition coefficient (Wildman–Crippen LogP) is 4.18. The molecule has 0 aromatic heterocycles. The van der Waals surface area contributed by atoms with Crippen molar-refractivity contribution in [3.05, 3.63) is 71.8 Å². The van der Waals surface area contributed by atoms with E-state index < -0.39 is 6.29 Å². The first-order valence-corrected chi connectivity index (χ1v) is 9.18. The fourth-order valence-electron chi connectivity index (χ4n) is 3.28. The highest BCUT2D eigenvalue weighted by atomic mass is 16.7. The fraction of sp³-hybridized carbons (Fsp3) is 0.455. The maximum Gasteiger partial charge on any atom is 0.186 e. The summed E-state index contributed by atoms with van der Waals surface area (Å²) in [5, 5.41) is 0. The van der Waals surface area contributed by atoms with Gasteiger partial charge in [0, 0.05) is 13.0 Å². The second-order valence-electron chi connectivity index (χ2n) is 6.83. The molecule has 0 aliphatic carbocycles. The van der Waals surface area contributed by atoms with Crippen LogP contribution in [0.3, 0.4) is 0 Å². The van der Waals surface area contributed by atoms with Crippen LogP contribution < -0.4 is 0 Å². The number of methoxy groups -OCH3 is 1. The van der Waals surface area contributed by atoms with Gasteiger partial charge < -0.3 is 18.9 Å². The van der Waals surface area contributed by atoms with Gasteiger partial charge in [0.1, 0.15) is 6.10 Å². The summed E-state index contributed by atoms with van der Waals surface area (Å²) in [7, 11) is 1.65. The summed E-state index contributed by atoms with van der Waals surface area (Å²) in [5.41, 5.74) is 2.27. The van der Waals surface area contributed by atoms with Crippen LogP contribution in [0.15, 0.2) is 60.7 Å². The van der Waals surface area contributed by atoms with Crippen LogP contribution in [-0.4, -0.2) is 31.7 Å². The van der Waals surface area contributed by atoms with Crippen molar-refractivity contribution in [2.45, 2.75) is 51.7 Å². The van der Waals surface area contributed by atoms with Crippen molar-refractivity contribution >= 4 is 0 Å². The standard InChI is InChI=1S/C22H28O4/c1-16-17(2)26-22(23-3)21(25-15-19-12-8-5-9-13-19)20(16)24-14-18-10-6-4-7-11-18/h4-13,16-17,20-22H,14-15H2,1-3H3/t16-,17-,20+,21-,22+/m1/s1. The van der Waals surface area contributed by atoms with Gasteiger partial charge in [-0.25, -0.2) is 0 Å². The number of hydrogen-bond donors (Lipinski definition) is 0. The lowest BCUT2D eigenvalue weighted by atomic mass is 9.91. The lowest BCUT2D eigenvalue weighted by Gasteiger charge is -2.43. The van der Waals surface area contributed by atoms with E-state index in [4.69, 9.17) is 18.9 Å². The molecule has 0 unspecified atom stereocenters. The molecule has 0 saturated carbocycles. The number of rotatable bonds is 7. The van der Waals surface area contributed by atoms with Crippen LogP contribution in [0.25, 0.3) is 0 Å². The van der Waals surface area contributed by atoms with Crippen LogP contribution in [-0.2, 0) is 32.2 Å². The highest BCUT2D eigenvalue weighted by Gasteiger charge is 2.44.